The number of hydrogen-bond donors (Lipinski definition) is 4. The van der Waals surface area contributed by atoms with E-state index in [2.05, 4.69) is 16.9 Å². The molecule has 0 saturated carbocycles. The lowest BCUT2D eigenvalue weighted by Crippen LogP contribution is -2.26. The van der Waals surface area contributed by atoms with E-state index in [1.54, 1.807) is 59.1 Å². The largest absolute Gasteiger partial charge is 0.375 e. The van der Waals surface area contributed by atoms with Crippen LogP contribution in [-0.4, -0.2) is 44.0 Å². The first-order valence-electron chi connectivity index (χ1n) is 16.8. The Kier molecular flexibility index (Phi) is 16.3. The van der Waals surface area contributed by atoms with Gasteiger partial charge in [0.05, 0.1) is 27.8 Å². The molecule has 0 bridgehead atoms. The summed E-state index contributed by atoms with van der Waals surface area (Å²) in [4.78, 5) is 11.5. The average Bonchev–Trinajstić information content (AvgIpc) is 3.63. The van der Waals surface area contributed by atoms with Crippen LogP contribution < -0.4 is 17.2 Å². The van der Waals surface area contributed by atoms with Crippen LogP contribution in [0.15, 0.2) is 58.3 Å². The summed E-state index contributed by atoms with van der Waals surface area (Å²) >= 11 is 3.27. The Morgan fingerprint density at radius 2 is 1.28 bits per heavy atom. The van der Waals surface area contributed by atoms with Gasteiger partial charge in [0, 0.05) is 15.8 Å². The average molecular weight is 766 g/mol. The second-order valence-corrected chi connectivity index (χ2v) is 17.7. The number of nitrogens with zero attached hydrogens (tertiary/aromatic N) is 2. The minimum atomic E-state index is -4.02. The molecule has 4 aromatic rings. The van der Waals surface area contributed by atoms with E-state index in [1.807, 2.05) is 20.8 Å². The minimum Gasteiger partial charge on any atom is -0.375 e. The summed E-state index contributed by atoms with van der Waals surface area (Å²) < 4.78 is 57.3. The Hall–Kier alpha value is -2.92. The molecule has 0 amide bonds. The SMILES string of the molecule is CCCC[C@@H]1CCc2nc(N)sc2C1.CCCOS(=O)(=O)c1ccc(C)cc1.Cc1ccc(S(=O)(=O)O)cc1.Nc1nc2c(s1)C[C@H](N)CC2. The number of unbranched alkanes of at least 4 members (excludes halogenated alkanes) is 1. The van der Waals surface area contributed by atoms with Crippen molar-refractivity contribution in [1.29, 1.82) is 0 Å². The molecular formula is C35H51N5O6S4. The van der Waals surface area contributed by atoms with Crippen LogP contribution in [0.5, 0.6) is 0 Å². The van der Waals surface area contributed by atoms with E-state index in [9.17, 15) is 16.8 Å². The molecule has 6 rings (SSSR count). The Bertz CT molecular complexity index is 1840. The van der Waals surface area contributed by atoms with Crippen molar-refractivity contribution < 1.29 is 25.6 Å². The van der Waals surface area contributed by atoms with Crippen LogP contribution >= 0.6 is 22.7 Å². The Morgan fingerprint density at radius 3 is 1.78 bits per heavy atom. The van der Waals surface area contributed by atoms with Crippen LogP contribution in [0.25, 0.3) is 0 Å². The first-order chi connectivity index (χ1) is 23.6. The normalized spacial score (nSPS) is 16.7. The Morgan fingerprint density at radius 1 is 0.780 bits per heavy atom. The summed E-state index contributed by atoms with van der Waals surface area (Å²) in [6, 6.07) is 12.9. The second-order valence-electron chi connectivity index (χ2n) is 12.5. The maximum atomic E-state index is 11.5. The minimum absolute atomic E-state index is 0.0666. The molecule has 2 heterocycles. The molecule has 2 atom stereocenters. The first kappa shape index (κ1) is 41.5. The summed E-state index contributed by atoms with van der Waals surface area (Å²) in [5.74, 6) is 0.891. The van der Waals surface area contributed by atoms with Crippen molar-refractivity contribution in [2.24, 2.45) is 11.7 Å². The number of hydrogen-bond acceptors (Lipinski definition) is 12. The van der Waals surface area contributed by atoms with Gasteiger partial charge < -0.3 is 17.2 Å². The third kappa shape index (κ3) is 13.7. The lowest BCUT2D eigenvalue weighted by molar-refractivity contribution is 0.318. The van der Waals surface area contributed by atoms with Crippen LogP contribution in [-0.2, 0) is 50.1 Å². The zero-order valence-corrected chi connectivity index (χ0v) is 32.6. The molecule has 15 heteroatoms. The number of nitrogen functional groups attached to an aromatic ring is 2. The molecule has 50 heavy (non-hydrogen) atoms. The van der Waals surface area contributed by atoms with Crippen molar-refractivity contribution in [2.45, 2.75) is 108 Å². The van der Waals surface area contributed by atoms with Gasteiger partial charge in [0.1, 0.15) is 0 Å². The van der Waals surface area contributed by atoms with E-state index in [4.69, 9.17) is 25.9 Å². The molecule has 2 aromatic carbocycles. The zero-order chi connectivity index (χ0) is 36.9. The van der Waals surface area contributed by atoms with Gasteiger partial charge in [-0.1, -0.05) is 68.5 Å². The van der Waals surface area contributed by atoms with Gasteiger partial charge in [-0.25, -0.2) is 9.97 Å². The summed E-state index contributed by atoms with van der Waals surface area (Å²) in [6.07, 6.45) is 11.5. The van der Waals surface area contributed by atoms with E-state index in [-0.39, 0.29) is 16.4 Å². The van der Waals surface area contributed by atoms with Gasteiger partial charge in [0.25, 0.3) is 20.2 Å². The molecule has 2 aromatic heterocycles. The highest BCUT2D eigenvalue weighted by Crippen LogP contribution is 2.33. The second kappa shape index (κ2) is 19.6. The van der Waals surface area contributed by atoms with Crippen LogP contribution in [0.1, 0.15) is 84.6 Å². The summed E-state index contributed by atoms with van der Waals surface area (Å²) in [5.41, 5.74) is 21.5. The fraction of sp³-hybridized carbons (Fsp3) is 0.486. The van der Waals surface area contributed by atoms with Gasteiger partial charge >= 0.3 is 0 Å². The van der Waals surface area contributed by atoms with Crippen molar-refractivity contribution in [3.8, 4) is 0 Å². The van der Waals surface area contributed by atoms with E-state index in [0.29, 0.717) is 17.6 Å². The van der Waals surface area contributed by atoms with Gasteiger partial charge in [0.15, 0.2) is 10.3 Å². The predicted octanol–water partition coefficient (Wildman–Crippen LogP) is 6.91. The van der Waals surface area contributed by atoms with Gasteiger partial charge in [0.2, 0.25) is 0 Å². The van der Waals surface area contributed by atoms with Crippen LogP contribution in [0.3, 0.4) is 0 Å². The van der Waals surface area contributed by atoms with E-state index >= 15 is 0 Å². The Balaban J connectivity index is 0.000000181. The molecule has 0 spiro atoms. The molecule has 7 N–H and O–H groups in total. The van der Waals surface area contributed by atoms with Gasteiger partial charge in [-0.05, 0) is 89.0 Å². The predicted molar refractivity (Wildman–Crippen MR) is 204 cm³/mol. The maximum Gasteiger partial charge on any atom is 0.296 e. The highest BCUT2D eigenvalue weighted by Gasteiger charge is 2.21. The molecular weight excluding hydrogens is 715 g/mol. The first-order valence-corrected chi connectivity index (χ1v) is 21.3. The highest BCUT2D eigenvalue weighted by molar-refractivity contribution is 7.86. The topological polar surface area (TPSA) is 202 Å². The standard InChI is InChI=1S/C11H18N2S.C10H14O3S.C7H11N3S.C7H8O3S/c1-2-3-4-8-5-6-9-10(7-8)14-11(12)13-9;1-3-8-13-14(11,12)10-6-4-9(2)5-7-10;8-4-1-2-5-6(3-4)11-7(9)10-5;1-6-2-4-7(5-3-6)11(8,9)10/h8H,2-7H2,1H3,(H2,12,13);4-7H,3,8H2,1-2H3;4H,1-3,8H2,(H2,9,10);2-5H,1H3,(H,8,9,10)/t8-;;4-;/m1.1./s1. The molecule has 2 aliphatic carbocycles. The molecule has 2 aliphatic rings. The lowest BCUT2D eigenvalue weighted by atomic mass is 9.87. The summed E-state index contributed by atoms with van der Waals surface area (Å²) in [7, 11) is -7.56. The van der Waals surface area contributed by atoms with Gasteiger partial charge in [-0.3, -0.25) is 8.74 Å². The van der Waals surface area contributed by atoms with E-state index < -0.39 is 20.2 Å². The van der Waals surface area contributed by atoms with Crippen LogP contribution in [0.4, 0.5) is 10.3 Å². The highest BCUT2D eigenvalue weighted by atomic mass is 32.2. The molecule has 276 valence electrons. The molecule has 0 aliphatic heterocycles. The Labute approximate surface area is 305 Å². The monoisotopic (exact) mass is 765 g/mol. The zero-order valence-electron chi connectivity index (χ0n) is 29.3. The molecule has 0 unspecified atom stereocenters. The number of aryl methyl sites for hydroxylation is 4. The number of aromatic nitrogens is 2. The smallest absolute Gasteiger partial charge is 0.296 e. The molecule has 0 saturated heterocycles. The van der Waals surface area contributed by atoms with Gasteiger partial charge in [-0.15, -0.1) is 22.7 Å². The summed E-state index contributed by atoms with van der Waals surface area (Å²) in [6.45, 7) is 8.11. The lowest BCUT2D eigenvalue weighted by Gasteiger charge is -2.20. The number of thiazole rings is 2. The third-order valence-electron chi connectivity index (χ3n) is 8.09. The van der Waals surface area contributed by atoms with Crippen molar-refractivity contribution in [2.75, 3.05) is 18.1 Å². The van der Waals surface area contributed by atoms with Crippen LogP contribution in [0, 0.1) is 19.8 Å². The summed E-state index contributed by atoms with van der Waals surface area (Å²) in [5, 5.41) is 1.44. The van der Waals surface area contributed by atoms with Crippen molar-refractivity contribution >= 4 is 53.2 Å². The van der Waals surface area contributed by atoms with Crippen molar-refractivity contribution in [3.63, 3.8) is 0 Å². The van der Waals surface area contributed by atoms with E-state index in [0.717, 1.165) is 47.9 Å². The van der Waals surface area contributed by atoms with Crippen molar-refractivity contribution in [1.82, 2.24) is 9.97 Å². The molecule has 0 radical (unpaired) electrons. The fourth-order valence-corrected chi connectivity index (χ4v) is 8.73. The molecule has 11 nitrogen and oxygen atoms in total. The van der Waals surface area contributed by atoms with E-state index in [1.165, 1.54) is 65.4 Å². The number of anilines is 2. The number of rotatable bonds is 8. The quantitative estimate of drug-likeness (QED) is 0.107. The number of benzene rings is 2. The van der Waals surface area contributed by atoms with Gasteiger partial charge in [-0.2, -0.15) is 16.8 Å². The third-order valence-corrected chi connectivity index (χ3v) is 12.2. The number of nitrogens with two attached hydrogens (primary N) is 3. The van der Waals surface area contributed by atoms with Crippen molar-refractivity contribution in [3.05, 3.63) is 80.8 Å². The molecule has 0 fully saturated rings. The maximum absolute atomic E-state index is 11.5. The number of fused-ring (bicyclic) bond motifs is 2. The fourth-order valence-electron chi connectivity index (χ4n) is 5.30. The van der Waals surface area contributed by atoms with Crippen LogP contribution in [0.2, 0.25) is 0 Å².